The second-order valence-electron chi connectivity index (χ2n) is 8.01. The molecule has 0 aliphatic heterocycles. The standard InChI is InChI=1S/C28H21Cl2FN2O3/c1-16-14-23(32-28(35)33-27(34)20-10-6-7-11-22(20)31)17(2)25(30)26(16)36-24-13-12-19(29)15-21(24)18-8-4-3-5-9-18/h3-15H,1-2H3,(H2,32,33,34,35). The van der Waals surface area contributed by atoms with Crippen molar-refractivity contribution in [2.45, 2.75) is 13.8 Å². The Labute approximate surface area is 217 Å². The van der Waals surface area contributed by atoms with Gasteiger partial charge in [0.1, 0.15) is 17.3 Å². The lowest BCUT2D eigenvalue weighted by molar-refractivity contribution is 0.0963. The van der Waals surface area contributed by atoms with E-state index in [1.807, 2.05) is 36.4 Å². The van der Waals surface area contributed by atoms with E-state index in [-0.39, 0.29) is 5.56 Å². The Morgan fingerprint density at radius 1 is 0.889 bits per heavy atom. The highest BCUT2D eigenvalue weighted by atomic mass is 35.5. The minimum Gasteiger partial charge on any atom is -0.455 e. The van der Waals surface area contributed by atoms with Crippen LogP contribution in [0.3, 0.4) is 0 Å². The summed E-state index contributed by atoms with van der Waals surface area (Å²) in [5, 5.41) is 5.58. The lowest BCUT2D eigenvalue weighted by Gasteiger charge is -2.18. The maximum atomic E-state index is 13.8. The highest BCUT2D eigenvalue weighted by molar-refractivity contribution is 6.33. The van der Waals surface area contributed by atoms with Gasteiger partial charge in [0.15, 0.2) is 0 Å². The van der Waals surface area contributed by atoms with Crippen molar-refractivity contribution in [1.82, 2.24) is 5.32 Å². The third-order valence-corrected chi connectivity index (χ3v) is 6.17. The monoisotopic (exact) mass is 522 g/mol. The molecule has 0 aromatic heterocycles. The number of anilines is 1. The van der Waals surface area contributed by atoms with Gasteiger partial charge in [-0.25, -0.2) is 9.18 Å². The molecule has 8 heteroatoms. The van der Waals surface area contributed by atoms with Crippen molar-refractivity contribution in [3.8, 4) is 22.6 Å². The van der Waals surface area contributed by atoms with E-state index in [9.17, 15) is 14.0 Å². The van der Waals surface area contributed by atoms with Gasteiger partial charge in [-0.2, -0.15) is 0 Å². The summed E-state index contributed by atoms with van der Waals surface area (Å²) in [5.41, 5.74) is 3.04. The Morgan fingerprint density at radius 3 is 2.31 bits per heavy atom. The molecule has 0 saturated carbocycles. The van der Waals surface area contributed by atoms with Crippen molar-refractivity contribution >= 4 is 40.8 Å². The zero-order valence-electron chi connectivity index (χ0n) is 19.4. The van der Waals surface area contributed by atoms with Gasteiger partial charge in [0.2, 0.25) is 0 Å². The van der Waals surface area contributed by atoms with Crippen LogP contribution in [-0.2, 0) is 0 Å². The Balaban J connectivity index is 1.58. The largest absolute Gasteiger partial charge is 0.455 e. The van der Waals surface area contributed by atoms with E-state index in [1.54, 1.807) is 32.0 Å². The van der Waals surface area contributed by atoms with Gasteiger partial charge in [0.25, 0.3) is 5.91 Å². The van der Waals surface area contributed by atoms with Crippen LogP contribution in [0.2, 0.25) is 10.0 Å². The molecular weight excluding hydrogens is 502 g/mol. The zero-order chi connectivity index (χ0) is 25.8. The van der Waals surface area contributed by atoms with Gasteiger partial charge in [-0.15, -0.1) is 0 Å². The summed E-state index contributed by atoms with van der Waals surface area (Å²) in [6, 6.07) is 21.2. The Hall–Kier alpha value is -3.87. The lowest BCUT2D eigenvalue weighted by atomic mass is 10.0. The van der Waals surface area contributed by atoms with Crippen LogP contribution in [0, 0.1) is 19.7 Å². The second-order valence-corrected chi connectivity index (χ2v) is 8.82. The molecule has 4 aromatic carbocycles. The molecule has 36 heavy (non-hydrogen) atoms. The summed E-state index contributed by atoms with van der Waals surface area (Å²) in [7, 11) is 0. The summed E-state index contributed by atoms with van der Waals surface area (Å²) < 4.78 is 20.1. The topological polar surface area (TPSA) is 67.4 Å². The second kappa shape index (κ2) is 10.8. The number of hydrogen-bond donors (Lipinski definition) is 2. The molecule has 0 heterocycles. The number of nitrogens with one attached hydrogen (secondary N) is 2. The highest BCUT2D eigenvalue weighted by Crippen LogP contribution is 2.42. The maximum Gasteiger partial charge on any atom is 0.326 e. The van der Waals surface area contributed by atoms with Crippen molar-refractivity contribution < 1.29 is 18.7 Å². The average molecular weight is 523 g/mol. The van der Waals surface area contributed by atoms with Gasteiger partial charge in [-0.05, 0) is 66.9 Å². The van der Waals surface area contributed by atoms with Crippen LogP contribution in [0.25, 0.3) is 11.1 Å². The average Bonchev–Trinajstić information content (AvgIpc) is 2.86. The summed E-state index contributed by atoms with van der Waals surface area (Å²) in [5.74, 6) is -0.607. The summed E-state index contributed by atoms with van der Waals surface area (Å²) >= 11 is 12.9. The van der Waals surface area contributed by atoms with Crippen LogP contribution in [-0.4, -0.2) is 11.9 Å². The fourth-order valence-electron chi connectivity index (χ4n) is 3.62. The van der Waals surface area contributed by atoms with Gasteiger partial charge >= 0.3 is 6.03 Å². The number of rotatable bonds is 5. The number of hydrogen-bond acceptors (Lipinski definition) is 3. The predicted octanol–water partition coefficient (Wildman–Crippen LogP) is 8.17. The SMILES string of the molecule is Cc1cc(NC(=O)NC(=O)c2ccccc2F)c(C)c(Cl)c1Oc1ccc(Cl)cc1-c1ccccc1. The van der Waals surface area contributed by atoms with E-state index in [0.717, 1.165) is 17.2 Å². The maximum absolute atomic E-state index is 13.8. The van der Waals surface area contributed by atoms with Gasteiger partial charge < -0.3 is 10.1 Å². The van der Waals surface area contributed by atoms with Crippen molar-refractivity contribution in [2.24, 2.45) is 0 Å². The van der Waals surface area contributed by atoms with Gasteiger partial charge in [-0.1, -0.05) is 65.7 Å². The molecule has 3 amide bonds. The number of halogens is 3. The third kappa shape index (κ3) is 5.51. The van der Waals surface area contributed by atoms with E-state index < -0.39 is 17.8 Å². The van der Waals surface area contributed by atoms with Gasteiger partial charge in [-0.3, -0.25) is 10.1 Å². The van der Waals surface area contributed by atoms with Crippen LogP contribution in [0.4, 0.5) is 14.9 Å². The molecule has 5 nitrogen and oxygen atoms in total. The fraction of sp³-hybridized carbons (Fsp3) is 0.0714. The smallest absolute Gasteiger partial charge is 0.326 e. The van der Waals surface area contributed by atoms with Crippen molar-refractivity contribution in [3.63, 3.8) is 0 Å². The van der Waals surface area contributed by atoms with Crippen molar-refractivity contribution in [2.75, 3.05) is 5.32 Å². The number of carbonyl (C=O) groups excluding carboxylic acids is 2. The molecule has 0 atom stereocenters. The van der Waals surface area contributed by atoms with E-state index in [1.165, 1.54) is 18.2 Å². The van der Waals surface area contributed by atoms with Crippen LogP contribution in [0.15, 0.2) is 78.9 Å². The summed E-state index contributed by atoms with van der Waals surface area (Å²) in [6.45, 7) is 3.50. The molecule has 0 radical (unpaired) electrons. The Morgan fingerprint density at radius 2 is 1.58 bits per heavy atom. The van der Waals surface area contributed by atoms with E-state index in [2.05, 4.69) is 10.6 Å². The molecule has 0 aliphatic rings. The summed E-state index contributed by atoms with van der Waals surface area (Å²) in [6.07, 6.45) is 0. The first kappa shape index (κ1) is 25.2. The van der Waals surface area contributed by atoms with Crippen molar-refractivity contribution in [1.29, 1.82) is 0 Å². The highest BCUT2D eigenvalue weighted by Gasteiger charge is 2.19. The molecule has 2 N–H and O–H groups in total. The Kier molecular flexibility index (Phi) is 7.58. The van der Waals surface area contributed by atoms with Crippen molar-refractivity contribution in [3.05, 3.63) is 111 Å². The molecule has 4 rings (SSSR count). The third-order valence-electron chi connectivity index (χ3n) is 5.48. The molecule has 0 saturated heterocycles. The minimum absolute atomic E-state index is 0.237. The molecule has 0 aliphatic carbocycles. The fourth-order valence-corrected chi connectivity index (χ4v) is 4.08. The number of ether oxygens (including phenoxy) is 1. The molecule has 0 fully saturated rings. The normalized spacial score (nSPS) is 10.6. The van der Waals surface area contributed by atoms with E-state index in [4.69, 9.17) is 27.9 Å². The molecular formula is C28H21Cl2FN2O3. The first-order valence-corrected chi connectivity index (χ1v) is 11.7. The molecule has 0 bridgehead atoms. The minimum atomic E-state index is -0.859. The molecule has 0 spiro atoms. The van der Waals surface area contributed by atoms with Crippen LogP contribution in [0.1, 0.15) is 21.5 Å². The molecule has 182 valence electrons. The predicted molar refractivity (Wildman–Crippen MR) is 141 cm³/mol. The Bertz CT molecular complexity index is 1460. The quantitative estimate of drug-likeness (QED) is 0.277. The van der Waals surface area contributed by atoms with Crippen LogP contribution >= 0.6 is 23.2 Å². The number of carbonyl (C=O) groups is 2. The summed E-state index contributed by atoms with van der Waals surface area (Å²) in [4.78, 5) is 24.7. The number of aryl methyl sites for hydroxylation is 1. The number of urea groups is 1. The first-order chi connectivity index (χ1) is 17.2. The first-order valence-electron chi connectivity index (χ1n) is 10.9. The lowest BCUT2D eigenvalue weighted by Crippen LogP contribution is -2.35. The van der Waals surface area contributed by atoms with Crippen LogP contribution < -0.4 is 15.4 Å². The van der Waals surface area contributed by atoms with E-state index in [0.29, 0.717) is 38.4 Å². The zero-order valence-corrected chi connectivity index (χ0v) is 20.9. The van der Waals surface area contributed by atoms with Gasteiger partial charge in [0, 0.05) is 16.3 Å². The molecule has 0 unspecified atom stereocenters. The number of imide groups is 1. The number of amides is 3. The molecule has 4 aromatic rings. The van der Waals surface area contributed by atoms with Crippen LogP contribution in [0.5, 0.6) is 11.5 Å². The van der Waals surface area contributed by atoms with E-state index >= 15 is 0 Å². The van der Waals surface area contributed by atoms with Gasteiger partial charge in [0.05, 0.1) is 10.6 Å². The number of benzene rings is 4.